The maximum absolute atomic E-state index is 10.9. The average molecular weight is 512 g/mol. The number of hydrogen-bond acceptors (Lipinski definition) is 6. The molecule has 126 valence electrons. The summed E-state index contributed by atoms with van der Waals surface area (Å²) < 4.78 is 29.8. The molecular formula is C8H20N2O8P2Y2. The molecule has 1 rings (SSSR count). The van der Waals surface area contributed by atoms with Crippen LogP contribution in [-0.2, 0) is 83.6 Å². The van der Waals surface area contributed by atoms with E-state index in [2.05, 4.69) is 14.0 Å². The van der Waals surface area contributed by atoms with Gasteiger partial charge in [-0.15, -0.1) is 0 Å². The van der Waals surface area contributed by atoms with E-state index in [4.69, 9.17) is 19.8 Å². The van der Waals surface area contributed by atoms with Crippen LogP contribution < -0.4 is 0 Å². The summed E-state index contributed by atoms with van der Waals surface area (Å²) in [4.78, 5) is 28.3. The monoisotopic (exact) mass is 512 g/mol. The van der Waals surface area contributed by atoms with Crippen LogP contribution in [0.1, 0.15) is 13.8 Å². The van der Waals surface area contributed by atoms with Crippen molar-refractivity contribution in [1.29, 1.82) is 0 Å². The van der Waals surface area contributed by atoms with Gasteiger partial charge in [0, 0.05) is 91.5 Å². The van der Waals surface area contributed by atoms with E-state index in [0.29, 0.717) is 0 Å². The third kappa shape index (κ3) is 19.7. The Morgan fingerprint density at radius 3 is 1.82 bits per heavy atom. The first-order valence-corrected chi connectivity index (χ1v) is 8.38. The average Bonchev–Trinajstić information content (AvgIpc) is 2.83. The second-order valence-corrected chi connectivity index (χ2v) is 5.89. The minimum Gasteiger partial charge on any atom is -0.397 e. The summed E-state index contributed by atoms with van der Waals surface area (Å²) in [5.74, 6) is 0. The molecule has 0 fully saturated rings. The zero-order valence-corrected chi connectivity index (χ0v) is 20.0. The maximum atomic E-state index is 10.9. The van der Waals surface area contributed by atoms with Crippen LogP contribution in [0.25, 0.3) is 0 Å². The molecule has 0 aliphatic heterocycles. The van der Waals surface area contributed by atoms with Crippen LogP contribution >= 0.6 is 15.6 Å². The van der Waals surface area contributed by atoms with Crippen LogP contribution in [0.15, 0.2) is 18.7 Å². The fourth-order valence-electron chi connectivity index (χ4n) is 0.664. The Balaban J connectivity index is -0.000000120. The molecule has 0 saturated heterocycles. The van der Waals surface area contributed by atoms with E-state index < -0.39 is 15.6 Å². The van der Waals surface area contributed by atoms with E-state index >= 15 is 0 Å². The zero-order chi connectivity index (χ0) is 16.2. The molecule has 2 radical (unpaired) electrons. The topological polar surface area (TPSA) is 151 Å². The second kappa shape index (κ2) is 17.5. The van der Waals surface area contributed by atoms with Crippen LogP contribution in [0.5, 0.6) is 0 Å². The largest absolute Gasteiger partial charge is 0.469 e. The molecule has 14 heteroatoms. The molecule has 0 amide bonds. The number of hydrogen-bond donors (Lipinski definition) is 4. The molecule has 1 atom stereocenters. The molecule has 10 nitrogen and oxygen atoms in total. The van der Waals surface area contributed by atoms with Gasteiger partial charge in [-0.1, -0.05) is 0 Å². The van der Waals surface area contributed by atoms with Gasteiger partial charge >= 0.3 is 15.6 Å². The fourth-order valence-corrected chi connectivity index (χ4v) is 1.61. The van der Waals surface area contributed by atoms with Gasteiger partial charge < -0.3 is 19.8 Å². The summed E-state index contributed by atoms with van der Waals surface area (Å²) in [6.07, 6.45) is 4.00. The standard InChI is InChI=1S/C4H7N2O3P.C2H7O4P.C2H6O.2Y/c1-9-10(7,8)6-3-2-5-4-6;1-2-6-7(3,4)5;1-2-3;;/h2-4H,1H3,(H,7,8);2H2,1H3,(H2,3,4,5);3H,2H2,1H3;;. The Hall–Kier alpha value is 1.64. The van der Waals surface area contributed by atoms with Gasteiger partial charge in [0.25, 0.3) is 0 Å². The van der Waals surface area contributed by atoms with Crippen molar-refractivity contribution in [1.82, 2.24) is 9.32 Å². The van der Waals surface area contributed by atoms with Crippen LogP contribution in [0.2, 0.25) is 0 Å². The van der Waals surface area contributed by atoms with E-state index in [0.717, 1.165) is 4.34 Å². The molecule has 1 aromatic heterocycles. The first-order chi connectivity index (χ1) is 9.14. The van der Waals surface area contributed by atoms with E-state index in [1.165, 1.54) is 32.8 Å². The van der Waals surface area contributed by atoms with Crippen LogP contribution in [0.4, 0.5) is 0 Å². The number of aliphatic hydroxyl groups excluding tert-OH is 1. The van der Waals surface area contributed by atoms with Gasteiger partial charge in [-0.25, -0.2) is 18.5 Å². The fraction of sp³-hybridized carbons (Fsp3) is 0.625. The number of imidazole rings is 1. The summed E-state index contributed by atoms with van der Waals surface area (Å²) in [7, 11) is -6.62. The van der Waals surface area contributed by atoms with Gasteiger partial charge in [-0.3, -0.25) is 9.05 Å². The molecular weight excluding hydrogens is 492 g/mol. The molecule has 0 saturated carbocycles. The summed E-state index contributed by atoms with van der Waals surface area (Å²) >= 11 is 0. The van der Waals surface area contributed by atoms with Crippen LogP contribution in [-0.4, -0.2) is 49.4 Å². The van der Waals surface area contributed by atoms with Gasteiger partial charge in [-0.05, 0) is 13.8 Å². The van der Waals surface area contributed by atoms with E-state index in [9.17, 15) is 9.13 Å². The van der Waals surface area contributed by atoms with E-state index in [1.54, 1.807) is 6.92 Å². The maximum Gasteiger partial charge on any atom is 0.469 e. The van der Waals surface area contributed by atoms with Crippen molar-refractivity contribution < 1.29 is 103 Å². The Kier molecular flexibility index (Phi) is 24.9. The molecule has 0 spiro atoms. The zero-order valence-electron chi connectivity index (χ0n) is 12.5. The van der Waals surface area contributed by atoms with Gasteiger partial charge in [0.15, 0.2) is 0 Å². The summed E-state index contributed by atoms with van der Waals surface area (Å²) in [6.45, 7) is 3.49. The van der Waals surface area contributed by atoms with Crippen molar-refractivity contribution in [2.24, 2.45) is 0 Å². The van der Waals surface area contributed by atoms with Gasteiger partial charge in [0.2, 0.25) is 0 Å². The van der Waals surface area contributed by atoms with Crippen molar-refractivity contribution in [2.45, 2.75) is 13.8 Å². The molecule has 1 heterocycles. The molecule has 22 heavy (non-hydrogen) atoms. The Bertz CT molecular complexity index is 428. The molecule has 0 aromatic carbocycles. The Morgan fingerprint density at radius 1 is 1.18 bits per heavy atom. The summed E-state index contributed by atoms with van der Waals surface area (Å²) in [5.41, 5.74) is 0. The number of phosphoric ester groups is 1. The van der Waals surface area contributed by atoms with Crippen molar-refractivity contribution in [3.63, 3.8) is 0 Å². The SMILES string of the molecule is CCO.CCOP(=O)(O)O.COP(=O)(O)n1ccnc1.[Y].[Y]. The Morgan fingerprint density at radius 2 is 1.64 bits per heavy atom. The molecule has 4 N–H and O–H groups in total. The predicted molar refractivity (Wildman–Crippen MR) is 70.9 cm³/mol. The predicted octanol–water partition coefficient (Wildman–Crippen LogP) is 0.587. The van der Waals surface area contributed by atoms with Crippen molar-refractivity contribution in [3.05, 3.63) is 18.7 Å². The van der Waals surface area contributed by atoms with Crippen molar-refractivity contribution in [3.8, 4) is 0 Å². The Labute approximate surface area is 179 Å². The minimum atomic E-state index is -4.17. The van der Waals surface area contributed by atoms with E-state index in [-0.39, 0.29) is 78.6 Å². The molecule has 1 aromatic rings. The van der Waals surface area contributed by atoms with Crippen LogP contribution in [0.3, 0.4) is 0 Å². The number of nitrogens with zero attached hydrogens (tertiary/aromatic N) is 2. The number of aliphatic hydroxyl groups is 1. The quantitative estimate of drug-likeness (QED) is 0.425. The molecule has 0 aliphatic rings. The van der Waals surface area contributed by atoms with Gasteiger partial charge in [0.1, 0.15) is 6.33 Å². The minimum absolute atomic E-state index is 0. The normalized spacial score (nSPS) is 12.1. The molecule has 1 unspecified atom stereocenters. The first-order valence-electron chi connectivity index (χ1n) is 5.32. The molecule has 0 aliphatic carbocycles. The third-order valence-corrected chi connectivity index (χ3v) is 3.21. The second-order valence-electron chi connectivity index (χ2n) is 2.84. The smallest absolute Gasteiger partial charge is 0.397 e. The van der Waals surface area contributed by atoms with Crippen molar-refractivity contribution in [2.75, 3.05) is 20.3 Å². The third-order valence-electron chi connectivity index (χ3n) is 1.32. The number of rotatable bonds is 4. The number of phosphoric acid groups is 1. The van der Waals surface area contributed by atoms with Gasteiger partial charge in [-0.2, -0.15) is 0 Å². The van der Waals surface area contributed by atoms with Crippen molar-refractivity contribution >= 4 is 15.6 Å². The number of aromatic nitrogens is 2. The summed E-state index contributed by atoms with van der Waals surface area (Å²) in [6, 6.07) is 0. The van der Waals surface area contributed by atoms with E-state index in [1.807, 2.05) is 0 Å². The van der Waals surface area contributed by atoms with Crippen LogP contribution in [0, 0.1) is 0 Å². The summed E-state index contributed by atoms with van der Waals surface area (Å²) in [5, 5.41) is 7.57. The first kappa shape index (κ1) is 31.4. The van der Waals surface area contributed by atoms with Gasteiger partial charge in [0.05, 0.1) is 6.61 Å². The molecule has 0 bridgehead atoms.